The van der Waals surface area contributed by atoms with Gasteiger partial charge in [0.2, 0.25) is 5.91 Å². The molecule has 0 radical (unpaired) electrons. The van der Waals surface area contributed by atoms with Crippen LogP contribution in [0.1, 0.15) is 19.3 Å². The summed E-state index contributed by atoms with van der Waals surface area (Å²) in [4.78, 5) is 31.0. The van der Waals surface area contributed by atoms with Crippen molar-refractivity contribution in [3.8, 4) is 11.4 Å². The van der Waals surface area contributed by atoms with Gasteiger partial charge in [-0.15, -0.1) is 11.3 Å². The lowest BCUT2D eigenvalue weighted by molar-refractivity contribution is -0.127. The third-order valence-corrected chi connectivity index (χ3v) is 5.94. The smallest absolute Gasteiger partial charge is 0.222 e. The quantitative estimate of drug-likeness (QED) is 0.472. The number of thiophene rings is 1. The van der Waals surface area contributed by atoms with Crippen molar-refractivity contribution in [3.63, 3.8) is 0 Å². The fourth-order valence-corrected chi connectivity index (χ4v) is 4.45. The van der Waals surface area contributed by atoms with E-state index in [1.807, 2.05) is 16.3 Å². The van der Waals surface area contributed by atoms with Gasteiger partial charge in [0, 0.05) is 43.2 Å². The van der Waals surface area contributed by atoms with Crippen LogP contribution in [0.25, 0.3) is 32.6 Å². The Morgan fingerprint density at radius 2 is 2.24 bits per heavy atom. The molecule has 2 N–H and O–H groups in total. The molecule has 29 heavy (non-hydrogen) atoms. The zero-order chi connectivity index (χ0) is 19.8. The summed E-state index contributed by atoms with van der Waals surface area (Å²) >= 11 is 1.54. The van der Waals surface area contributed by atoms with E-state index in [1.54, 1.807) is 6.20 Å². The first-order valence-corrected chi connectivity index (χ1v) is 10.5. The zero-order valence-electron chi connectivity index (χ0n) is 15.6. The molecule has 0 bridgehead atoms. The van der Waals surface area contributed by atoms with E-state index in [-0.39, 0.29) is 5.91 Å². The average molecular weight is 410 g/mol. The second-order valence-electron chi connectivity index (χ2n) is 7.05. The molecular weight excluding hydrogens is 391 g/mol. The predicted molar refractivity (Wildman–Crippen MR) is 111 cm³/mol. The number of carbonyl (C=O) groups is 1. The van der Waals surface area contributed by atoms with E-state index in [9.17, 15) is 9.18 Å². The Morgan fingerprint density at radius 3 is 3.10 bits per heavy atom. The SMILES string of the molecule is O=C1CCCN1CCCNc1nc(-c2c[nH]c3ncc(F)cc23)nc2sccc12. The van der Waals surface area contributed by atoms with E-state index in [2.05, 4.69) is 20.3 Å². The second kappa shape index (κ2) is 7.40. The Kier molecular flexibility index (Phi) is 4.59. The molecule has 0 aromatic carbocycles. The van der Waals surface area contributed by atoms with Crippen LogP contribution in [0.5, 0.6) is 0 Å². The molecule has 1 fully saturated rings. The van der Waals surface area contributed by atoms with Crippen molar-refractivity contribution in [2.45, 2.75) is 19.3 Å². The van der Waals surface area contributed by atoms with Gasteiger partial charge in [0.25, 0.3) is 0 Å². The number of nitrogens with one attached hydrogen (secondary N) is 2. The molecule has 4 aromatic heterocycles. The first-order valence-electron chi connectivity index (χ1n) is 9.59. The van der Waals surface area contributed by atoms with E-state index >= 15 is 0 Å². The van der Waals surface area contributed by atoms with Crippen molar-refractivity contribution < 1.29 is 9.18 Å². The molecule has 7 nitrogen and oxygen atoms in total. The number of carbonyl (C=O) groups excluding carboxylic acids is 1. The highest BCUT2D eigenvalue weighted by Crippen LogP contribution is 2.31. The molecule has 1 aliphatic rings. The normalized spacial score (nSPS) is 14.4. The fourth-order valence-electron chi connectivity index (χ4n) is 3.69. The zero-order valence-corrected chi connectivity index (χ0v) is 16.4. The third kappa shape index (κ3) is 3.42. The maximum absolute atomic E-state index is 13.7. The van der Waals surface area contributed by atoms with Crippen LogP contribution in [0.15, 0.2) is 29.9 Å². The fraction of sp³-hybridized carbons (Fsp3) is 0.300. The Hall–Kier alpha value is -3.07. The molecule has 0 unspecified atom stereocenters. The number of amides is 1. The lowest BCUT2D eigenvalue weighted by atomic mass is 10.2. The molecule has 1 saturated heterocycles. The number of nitrogens with zero attached hydrogens (tertiary/aromatic N) is 4. The molecule has 5 heterocycles. The minimum absolute atomic E-state index is 0.245. The highest BCUT2D eigenvalue weighted by Gasteiger charge is 2.19. The van der Waals surface area contributed by atoms with Crippen molar-refractivity contribution in [1.29, 1.82) is 0 Å². The summed E-state index contributed by atoms with van der Waals surface area (Å²) in [5.74, 6) is 1.12. The predicted octanol–water partition coefficient (Wildman–Crippen LogP) is 3.80. The van der Waals surface area contributed by atoms with Gasteiger partial charge < -0.3 is 15.2 Å². The number of aromatic amines is 1. The molecular formula is C20H19FN6OS. The van der Waals surface area contributed by atoms with Crippen LogP contribution in [0.2, 0.25) is 0 Å². The molecule has 1 amide bonds. The van der Waals surface area contributed by atoms with Crippen molar-refractivity contribution in [3.05, 3.63) is 35.7 Å². The van der Waals surface area contributed by atoms with Gasteiger partial charge in [0.05, 0.1) is 11.6 Å². The summed E-state index contributed by atoms with van der Waals surface area (Å²) < 4.78 is 13.7. The van der Waals surface area contributed by atoms with Crippen LogP contribution in [0.3, 0.4) is 0 Å². The number of anilines is 1. The van der Waals surface area contributed by atoms with Gasteiger partial charge in [-0.2, -0.15) is 0 Å². The van der Waals surface area contributed by atoms with E-state index in [4.69, 9.17) is 4.98 Å². The topological polar surface area (TPSA) is 86.8 Å². The number of hydrogen-bond acceptors (Lipinski definition) is 6. The van der Waals surface area contributed by atoms with Crippen LogP contribution >= 0.6 is 11.3 Å². The van der Waals surface area contributed by atoms with Crippen LogP contribution in [-0.4, -0.2) is 50.4 Å². The maximum atomic E-state index is 13.7. The summed E-state index contributed by atoms with van der Waals surface area (Å²) in [5, 5.41) is 6.98. The molecule has 0 saturated carbocycles. The minimum atomic E-state index is -0.398. The Morgan fingerprint density at radius 1 is 1.31 bits per heavy atom. The molecule has 0 atom stereocenters. The van der Waals surface area contributed by atoms with Crippen molar-refractivity contribution in [1.82, 2.24) is 24.8 Å². The lowest BCUT2D eigenvalue weighted by Gasteiger charge is -2.15. The largest absolute Gasteiger partial charge is 0.369 e. The number of halogens is 1. The highest BCUT2D eigenvalue weighted by atomic mass is 32.1. The van der Waals surface area contributed by atoms with Crippen molar-refractivity contribution >= 4 is 44.3 Å². The molecule has 0 aliphatic carbocycles. The molecule has 4 aromatic rings. The van der Waals surface area contributed by atoms with Gasteiger partial charge >= 0.3 is 0 Å². The summed E-state index contributed by atoms with van der Waals surface area (Å²) in [6, 6.07) is 3.43. The molecule has 1 aliphatic heterocycles. The maximum Gasteiger partial charge on any atom is 0.222 e. The summed E-state index contributed by atoms with van der Waals surface area (Å²) in [7, 11) is 0. The standard InChI is InChI=1S/C20H19FN6OS/c21-12-9-14-15(11-24-17(14)23-10-12)19-25-18(13-4-8-29-20(13)26-19)22-5-2-7-27-6-1-3-16(27)28/h4,8-11H,1-3,5-7H2,(H,23,24)(H,22,25,26). The average Bonchev–Trinajstić information content (AvgIpc) is 3.44. The van der Waals surface area contributed by atoms with Gasteiger partial charge in [-0.25, -0.2) is 19.3 Å². The first kappa shape index (κ1) is 18.0. The summed E-state index contributed by atoms with van der Waals surface area (Å²) in [6.45, 7) is 2.32. The van der Waals surface area contributed by atoms with E-state index in [0.717, 1.165) is 42.0 Å². The Bertz CT molecular complexity index is 1200. The van der Waals surface area contributed by atoms with E-state index < -0.39 is 5.82 Å². The number of H-pyrrole nitrogens is 1. The third-order valence-electron chi connectivity index (χ3n) is 5.13. The number of likely N-dealkylation sites (tertiary alicyclic amines) is 1. The van der Waals surface area contributed by atoms with Crippen LogP contribution in [-0.2, 0) is 4.79 Å². The Balaban J connectivity index is 1.41. The second-order valence-corrected chi connectivity index (χ2v) is 7.95. The van der Waals surface area contributed by atoms with E-state index in [0.29, 0.717) is 35.4 Å². The molecule has 148 valence electrons. The number of rotatable bonds is 6. The first-order chi connectivity index (χ1) is 14.2. The monoisotopic (exact) mass is 410 g/mol. The van der Waals surface area contributed by atoms with Crippen LogP contribution in [0, 0.1) is 5.82 Å². The minimum Gasteiger partial charge on any atom is -0.369 e. The number of pyridine rings is 1. The summed E-state index contributed by atoms with van der Waals surface area (Å²) in [6.07, 6.45) is 5.41. The number of aromatic nitrogens is 4. The van der Waals surface area contributed by atoms with Gasteiger partial charge in [-0.1, -0.05) is 0 Å². The molecule has 9 heteroatoms. The van der Waals surface area contributed by atoms with Gasteiger partial charge in [-0.3, -0.25) is 4.79 Å². The van der Waals surface area contributed by atoms with Gasteiger partial charge in [0.15, 0.2) is 5.82 Å². The highest BCUT2D eigenvalue weighted by molar-refractivity contribution is 7.16. The van der Waals surface area contributed by atoms with Crippen molar-refractivity contribution in [2.24, 2.45) is 0 Å². The number of fused-ring (bicyclic) bond motifs is 2. The van der Waals surface area contributed by atoms with Crippen LogP contribution in [0.4, 0.5) is 10.2 Å². The number of hydrogen-bond donors (Lipinski definition) is 2. The molecule has 0 spiro atoms. The Labute approximate surface area is 170 Å². The lowest BCUT2D eigenvalue weighted by Crippen LogP contribution is -2.27. The molecule has 5 rings (SSSR count). The van der Waals surface area contributed by atoms with Gasteiger partial charge in [-0.05, 0) is 30.4 Å². The van der Waals surface area contributed by atoms with Crippen molar-refractivity contribution in [2.75, 3.05) is 25.0 Å². The van der Waals surface area contributed by atoms with Gasteiger partial charge in [0.1, 0.15) is 22.1 Å². The van der Waals surface area contributed by atoms with E-state index in [1.165, 1.54) is 23.6 Å². The van der Waals surface area contributed by atoms with Crippen LogP contribution < -0.4 is 5.32 Å². The summed E-state index contributed by atoms with van der Waals surface area (Å²) in [5.41, 5.74) is 1.31.